The van der Waals surface area contributed by atoms with Crippen molar-refractivity contribution in [1.29, 1.82) is 0 Å². The summed E-state index contributed by atoms with van der Waals surface area (Å²) in [5.41, 5.74) is 1.53. The zero-order valence-electron chi connectivity index (χ0n) is 12.2. The summed E-state index contributed by atoms with van der Waals surface area (Å²) >= 11 is -2.56. The highest BCUT2D eigenvalue weighted by Crippen LogP contribution is 2.27. The zero-order valence-corrected chi connectivity index (χ0v) is 13.9. The van der Waals surface area contributed by atoms with Crippen LogP contribution in [0.2, 0.25) is 0 Å². The predicted octanol–water partition coefficient (Wildman–Crippen LogP) is 1.27. The molecule has 0 N–H and O–H groups in total. The molecule has 0 saturated carbocycles. The van der Waals surface area contributed by atoms with Gasteiger partial charge in [-0.25, -0.2) is 0 Å². The molecule has 2 heterocycles. The number of carbonyl (C=O) groups excluding carboxylic acids is 2. The van der Waals surface area contributed by atoms with Gasteiger partial charge in [0.2, 0.25) is 0 Å². The molecule has 0 radical (unpaired) electrons. The molecule has 0 aromatic heterocycles. The van der Waals surface area contributed by atoms with Crippen molar-refractivity contribution in [3.8, 4) is 0 Å². The molecule has 0 aliphatic carbocycles. The van der Waals surface area contributed by atoms with Crippen LogP contribution >= 0.6 is 0 Å². The molecule has 0 amide bonds. The molecule has 0 fully saturated rings. The first kappa shape index (κ1) is 17.4. The van der Waals surface area contributed by atoms with Gasteiger partial charge >= 0.3 is 11.9 Å². The Labute approximate surface area is 135 Å². The number of cyclic esters (lactones) is 2. The smallest absolute Gasteiger partial charge is 0.314 e. The molecular weight excluding hydrogens is 328 g/mol. The monoisotopic (exact) mass is 346 g/mol. The Kier molecular flexibility index (Phi) is 6.37. The summed E-state index contributed by atoms with van der Waals surface area (Å²) in [4.78, 5) is 22.1. The third-order valence-corrected chi connectivity index (χ3v) is 7.35. The highest BCUT2D eigenvalue weighted by atomic mass is 32.3. The van der Waals surface area contributed by atoms with E-state index < -0.39 is 26.9 Å². The van der Waals surface area contributed by atoms with E-state index in [0.717, 1.165) is 11.1 Å². The first-order chi connectivity index (χ1) is 10.5. The Morgan fingerprint density at radius 2 is 1.68 bits per heavy atom. The summed E-state index contributed by atoms with van der Waals surface area (Å²) in [5, 5.41) is 0. The second-order valence-electron chi connectivity index (χ2n) is 5.02. The molecule has 0 aromatic carbocycles. The summed E-state index contributed by atoms with van der Waals surface area (Å²) in [6.07, 6.45) is 3.97. The number of esters is 2. The van der Waals surface area contributed by atoms with Gasteiger partial charge in [-0.05, 0) is 18.1 Å². The van der Waals surface area contributed by atoms with Crippen LogP contribution in [0.4, 0.5) is 0 Å². The molecule has 122 valence electrons. The number of hydrogen-bond acceptors (Lipinski definition) is 6. The van der Waals surface area contributed by atoms with E-state index in [1.807, 2.05) is 0 Å². The first-order valence-electron chi connectivity index (χ1n) is 6.98. The molecule has 2 aliphatic heterocycles. The van der Waals surface area contributed by atoms with Crippen molar-refractivity contribution in [3.63, 3.8) is 0 Å². The third-order valence-electron chi connectivity index (χ3n) is 3.38. The number of carbonyl (C=O) groups is 2. The fourth-order valence-corrected chi connectivity index (χ4v) is 5.72. The largest absolute Gasteiger partial charge is 0.612 e. The molecule has 22 heavy (non-hydrogen) atoms. The predicted molar refractivity (Wildman–Crippen MR) is 82.3 cm³/mol. The van der Waals surface area contributed by atoms with Crippen LogP contribution < -0.4 is 0 Å². The van der Waals surface area contributed by atoms with E-state index in [0.29, 0.717) is 24.3 Å². The molecule has 0 saturated heterocycles. The van der Waals surface area contributed by atoms with Gasteiger partial charge < -0.3 is 18.6 Å². The Bertz CT molecular complexity index is 502. The lowest BCUT2D eigenvalue weighted by atomic mass is 10.2. The van der Waals surface area contributed by atoms with Gasteiger partial charge in [0.1, 0.15) is 11.5 Å². The lowest BCUT2D eigenvalue weighted by molar-refractivity contribution is -0.136. The Morgan fingerprint density at radius 1 is 1.09 bits per heavy atom. The lowest BCUT2D eigenvalue weighted by Gasteiger charge is -2.23. The fraction of sp³-hybridized carbons (Fsp3) is 0.571. The molecule has 3 atom stereocenters. The van der Waals surface area contributed by atoms with E-state index in [9.17, 15) is 18.7 Å². The van der Waals surface area contributed by atoms with Crippen LogP contribution in [0, 0.1) is 0 Å². The third kappa shape index (κ3) is 4.77. The van der Waals surface area contributed by atoms with Crippen LogP contribution in [0.5, 0.6) is 0 Å². The van der Waals surface area contributed by atoms with E-state index in [2.05, 4.69) is 0 Å². The first-order valence-corrected chi connectivity index (χ1v) is 9.75. The van der Waals surface area contributed by atoms with Gasteiger partial charge in [0.05, 0.1) is 31.8 Å². The van der Waals surface area contributed by atoms with Crippen LogP contribution in [0.1, 0.15) is 32.6 Å². The van der Waals surface area contributed by atoms with Gasteiger partial charge in [0.25, 0.3) is 4.58 Å². The van der Waals surface area contributed by atoms with Crippen LogP contribution in [0.15, 0.2) is 23.7 Å². The van der Waals surface area contributed by atoms with Crippen LogP contribution in [-0.4, -0.2) is 37.1 Å². The Morgan fingerprint density at radius 3 is 2.18 bits per heavy atom. The van der Waals surface area contributed by atoms with Crippen molar-refractivity contribution in [2.24, 2.45) is 0 Å². The quantitative estimate of drug-likeness (QED) is 0.485. The van der Waals surface area contributed by atoms with Crippen molar-refractivity contribution < 1.29 is 28.2 Å². The average molecular weight is 346 g/mol. The minimum absolute atomic E-state index is 0.169. The second kappa shape index (κ2) is 8.05. The number of ether oxygens (including phenoxy) is 2. The van der Waals surface area contributed by atoms with Gasteiger partial charge in [-0.15, -0.1) is 0 Å². The van der Waals surface area contributed by atoms with Crippen LogP contribution in [0.3, 0.4) is 0 Å². The van der Waals surface area contributed by atoms with E-state index in [4.69, 9.17) is 9.47 Å². The molecule has 3 unspecified atom stereocenters. The maximum atomic E-state index is 12.5. The van der Waals surface area contributed by atoms with E-state index in [-0.39, 0.29) is 24.8 Å². The highest BCUT2D eigenvalue weighted by molar-refractivity contribution is 8.09. The SMILES string of the molecule is CC[S+]([O-])C(CC1=COC(=O)C1)[S+]([O-])CCC1=COC(=O)C1. The normalized spacial score (nSPS) is 21.8. The summed E-state index contributed by atoms with van der Waals surface area (Å²) in [5.74, 6) is 0.0823. The molecule has 2 aliphatic rings. The molecule has 2 rings (SSSR count). The van der Waals surface area contributed by atoms with Crippen molar-refractivity contribution >= 4 is 34.3 Å². The summed E-state index contributed by atoms with van der Waals surface area (Å²) in [6.45, 7) is 1.77. The maximum Gasteiger partial charge on any atom is 0.314 e. The molecule has 0 aromatic rings. The van der Waals surface area contributed by atoms with Gasteiger partial charge in [-0.2, -0.15) is 0 Å². The topological polar surface area (TPSA) is 98.7 Å². The lowest BCUT2D eigenvalue weighted by Crippen LogP contribution is -2.34. The summed E-state index contributed by atoms with van der Waals surface area (Å²) < 4.78 is 33.6. The second-order valence-corrected chi connectivity index (χ2v) is 8.97. The van der Waals surface area contributed by atoms with Crippen molar-refractivity contribution in [2.75, 3.05) is 11.5 Å². The van der Waals surface area contributed by atoms with Crippen molar-refractivity contribution in [1.82, 2.24) is 0 Å². The minimum Gasteiger partial charge on any atom is -0.612 e. The number of hydrogen-bond donors (Lipinski definition) is 0. The van der Waals surface area contributed by atoms with E-state index in [1.165, 1.54) is 12.5 Å². The van der Waals surface area contributed by atoms with E-state index >= 15 is 0 Å². The van der Waals surface area contributed by atoms with Crippen LogP contribution in [-0.2, 0) is 41.4 Å². The highest BCUT2D eigenvalue weighted by Gasteiger charge is 2.35. The molecule has 0 spiro atoms. The number of rotatable bonds is 8. The average Bonchev–Trinajstić information content (AvgIpc) is 3.10. The fourth-order valence-electron chi connectivity index (χ4n) is 2.17. The maximum absolute atomic E-state index is 12.5. The molecule has 6 nitrogen and oxygen atoms in total. The zero-order chi connectivity index (χ0) is 16.1. The van der Waals surface area contributed by atoms with Gasteiger partial charge in [-0.1, -0.05) is 0 Å². The standard InChI is InChI=1S/C14H18O6S2/c1-2-21(17)14(7-11-6-13(16)20-9-11)22(18)4-3-10-5-12(15)19-8-10/h8-9,14H,2-7H2,1H3. The van der Waals surface area contributed by atoms with Crippen LogP contribution in [0.25, 0.3) is 0 Å². The summed E-state index contributed by atoms with van der Waals surface area (Å²) in [6, 6.07) is 0. The molecule has 8 heteroatoms. The molecule has 0 bridgehead atoms. The van der Waals surface area contributed by atoms with Gasteiger partial charge in [0.15, 0.2) is 0 Å². The van der Waals surface area contributed by atoms with Gasteiger partial charge in [-0.3, -0.25) is 9.59 Å². The summed E-state index contributed by atoms with van der Waals surface area (Å²) in [7, 11) is 0. The Hall–Kier alpha value is -0.960. The molecular formula is C14H18O6S2. The Balaban J connectivity index is 1.89. The minimum atomic E-state index is -1.32. The van der Waals surface area contributed by atoms with Crippen molar-refractivity contribution in [3.05, 3.63) is 23.7 Å². The van der Waals surface area contributed by atoms with E-state index in [1.54, 1.807) is 6.92 Å². The van der Waals surface area contributed by atoms with Gasteiger partial charge in [0, 0.05) is 28.8 Å². The van der Waals surface area contributed by atoms with Crippen molar-refractivity contribution in [2.45, 2.75) is 37.2 Å².